The third-order valence-corrected chi connectivity index (χ3v) is 11.7. The van der Waals surface area contributed by atoms with E-state index in [2.05, 4.69) is 47.6 Å². The van der Waals surface area contributed by atoms with Crippen molar-refractivity contribution in [1.82, 2.24) is 0 Å². The van der Waals surface area contributed by atoms with Gasteiger partial charge in [-0.1, -0.05) is 59.3 Å². The first-order valence-corrected chi connectivity index (χ1v) is 13.5. The highest BCUT2D eigenvalue weighted by Gasteiger charge is 2.65. The third-order valence-electron chi connectivity index (χ3n) is 11.7. The maximum absolute atomic E-state index is 12.8. The van der Waals surface area contributed by atoms with Crippen molar-refractivity contribution in [2.45, 2.75) is 106 Å². The van der Waals surface area contributed by atoms with Gasteiger partial charge in [-0.2, -0.15) is 0 Å². The number of allylic oxidation sites excluding steroid dienone is 2. The second kappa shape index (κ2) is 8.33. The van der Waals surface area contributed by atoms with Gasteiger partial charge in [0.1, 0.15) is 5.78 Å². The molecule has 3 heteroatoms. The van der Waals surface area contributed by atoms with Gasteiger partial charge in [0, 0.05) is 11.8 Å². The molecule has 0 heterocycles. The van der Waals surface area contributed by atoms with E-state index >= 15 is 0 Å². The molecule has 2 N–H and O–H groups in total. The van der Waals surface area contributed by atoms with Crippen molar-refractivity contribution in [3.63, 3.8) is 0 Å². The maximum Gasteiger partial charge on any atom is 0.138 e. The number of Topliss-reactive ketones (excluding diaryl/α,β-unsaturated/α-hetero) is 1. The Morgan fingerprint density at radius 2 is 1.85 bits per heavy atom. The predicted octanol–water partition coefficient (Wildman–Crippen LogP) is 6.49. The van der Waals surface area contributed by atoms with Crippen LogP contribution in [0.4, 0.5) is 0 Å². The molecule has 3 nitrogen and oxygen atoms in total. The highest BCUT2D eigenvalue weighted by atomic mass is 16.3. The van der Waals surface area contributed by atoms with Gasteiger partial charge in [0.15, 0.2) is 0 Å². The molecule has 0 aromatic heterocycles. The van der Waals surface area contributed by atoms with Crippen LogP contribution in [-0.2, 0) is 4.79 Å². The van der Waals surface area contributed by atoms with Crippen molar-refractivity contribution in [2.24, 2.45) is 45.3 Å². The van der Waals surface area contributed by atoms with Gasteiger partial charge in [0.2, 0.25) is 0 Å². The van der Waals surface area contributed by atoms with E-state index in [4.69, 9.17) is 0 Å². The minimum atomic E-state index is -0.477. The summed E-state index contributed by atoms with van der Waals surface area (Å²) in [7, 11) is 0. The van der Waals surface area contributed by atoms with E-state index < -0.39 is 6.10 Å². The number of ketones is 1. The van der Waals surface area contributed by atoms with Gasteiger partial charge in [-0.15, -0.1) is 0 Å². The number of aliphatic hydroxyl groups is 2. The SMILES string of the molecule is CC(=C[C@H](O)C[C@H](C)[C@@H]1CC[C@]2(C)C3=CC[C@H]4C(C)(C)C(=O)CC[C@]4(C)[C@H]3CC[C@@]12C)CO. The van der Waals surface area contributed by atoms with Crippen LogP contribution in [0.25, 0.3) is 0 Å². The van der Waals surface area contributed by atoms with E-state index in [1.165, 1.54) is 25.7 Å². The molecule has 0 amide bonds. The fourth-order valence-electron chi connectivity index (χ4n) is 9.46. The molecular weight excluding hydrogens is 408 g/mol. The molecule has 0 spiro atoms. The molecule has 0 aliphatic heterocycles. The topological polar surface area (TPSA) is 57.5 Å². The first-order valence-electron chi connectivity index (χ1n) is 13.5. The van der Waals surface area contributed by atoms with Crippen LogP contribution in [0.2, 0.25) is 0 Å². The molecule has 3 fully saturated rings. The van der Waals surface area contributed by atoms with Crippen molar-refractivity contribution < 1.29 is 15.0 Å². The van der Waals surface area contributed by atoms with Crippen LogP contribution in [-0.4, -0.2) is 28.7 Å². The van der Waals surface area contributed by atoms with Gasteiger partial charge >= 0.3 is 0 Å². The lowest BCUT2D eigenvalue weighted by Crippen LogP contribution is -2.57. The van der Waals surface area contributed by atoms with Crippen molar-refractivity contribution in [3.05, 3.63) is 23.3 Å². The summed E-state index contributed by atoms with van der Waals surface area (Å²) in [4.78, 5) is 12.8. The first-order chi connectivity index (χ1) is 15.3. The molecule has 4 aliphatic carbocycles. The second-order valence-corrected chi connectivity index (χ2v) is 13.5. The molecule has 4 aliphatic rings. The van der Waals surface area contributed by atoms with E-state index in [1.54, 1.807) is 5.57 Å². The Hall–Kier alpha value is -0.930. The summed E-state index contributed by atoms with van der Waals surface area (Å²) in [6, 6.07) is 0. The Labute approximate surface area is 202 Å². The molecule has 0 saturated heterocycles. The Balaban J connectivity index is 1.61. The highest BCUT2D eigenvalue weighted by Crippen LogP contribution is 2.73. The van der Waals surface area contributed by atoms with E-state index in [0.29, 0.717) is 29.5 Å². The van der Waals surface area contributed by atoms with E-state index in [1.807, 2.05) is 13.0 Å². The van der Waals surface area contributed by atoms with Gasteiger partial charge in [-0.25, -0.2) is 0 Å². The van der Waals surface area contributed by atoms with Crippen LogP contribution in [0.5, 0.6) is 0 Å². The summed E-state index contributed by atoms with van der Waals surface area (Å²) in [6.07, 6.45) is 12.5. The molecule has 0 unspecified atom stereocenters. The van der Waals surface area contributed by atoms with Crippen LogP contribution in [0.1, 0.15) is 99.8 Å². The summed E-state index contributed by atoms with van der Waals surface area (Å²) in [6.45, 7) is 16.2. The van der Waals surface area contributed by atoms with Crippen LogP contribution < -0.4 is 0 Å². The normalized spacial score (nSPS) is 44.4. The standard InChI is InChI=1S/C30H48O3/c1-19(18-31)16-21(32)17-20(2)22-10-14-30(7)24-8-9-25-27(3,4)26(33)12-13-28(25,5)23(24)11-15-29(22,30)6/h8,16,20-23,25,31-32H,9-15,17-18H2,1-7H3/t20-,21-,22-,23-,25-,28+,29-,30+/m0/s1. The summed E-state index contributed by atoms with van der Waals surface area (Å²) in [5.74, 6) is 2.59. The van der Waals surface area contributed by atoms with E-state index in [-0.39, 0.29) is 28.3 Å². The Morgan fingerprint density at radius 3 is 2.52 bits per heavy atom. The van der Waals surface area contributed by atoms with Gasteiger partial charge < -0.3 is 10.2 Å². The minimum absolute atomic E-state index is 0.0162. The Morgan fingerprint density at radius 1 is 1.15 bits per heavy atom. The molecule has 0 radical (unpaired) electrons. The minimum Gasteiger partial charge on any atom is -0.392 e. The van der Waals surface area contributed by atoms with Gasteiger partial charge in [0.05, 0.1) is 12.7 Å². The molecule has 3 saturated carbocycles. The molecule has 8 atom stereocenters. The number of hydrogen-bond acceptors (Lipinski definition) is 3. The summed E-state index contributed by atoms with van der Waals surface area (Å²) < 4.78 is 0. The lowest BCUT2D eigenvalue weighted by atomic mass is 9.41. The number of hydrogen-bond donors (Lipinski definition) is 2. The zero-order valence-electron chi connectivity index (χ0n) is 22.2. The monoisotopic (exact) mass is 456 g/mol. The Kier molecular flexibility index (Phi) is 6.35. The molecule has 0 bridgehead atoms. The van der Waals surface area contributed by atoms with Crippen LogP contribution >= 0.6 is 0 Å². The quantitative estimate of drug-likeness (QED) is 0.465. The molecule has 0 aromatic carbocycles. The smallest absolute Gasteiger partial charge is 0.138 e. The number of rotatable bonds is 5. The zero-order valence-corrected chi connectivity index (χ0v) is 22.2. The lowest BCUT2D eigenvalue weighted by molar-refractivity contribution is -0.146. The maximum atomic E-state index is 12.8. The van der Waals surface area contributed by atoms with Crippen molar-refractivity contribution in [3.8, 4) is 0 Å². The van der Waals surface area contributed by atoms with Crippen molar-refractivity contribution >= 4 is 5.78 Å². The van der Waals surface area contributed by atoms with Crippen LogP contribution in [0, 0.1) is 45.3 Å². The second-order valence-electron chi connectivity index (χ2n) is 13.5. The average molecular weight is 457 g/mol. The predicted molar refractivity (Wildman–Crippen MR) is 135 cm³/mol. The third kappa shape index (κ3) is 3.63. The fourth-order valence-corrected chi connectivity index (χ4v) is 9.46. The summed E-state index contributed by atoms with van der Waals surface area (Å²) >= 11 is 0. The number of carbonyl (C=O) groups is 1. The Bertz CT molecular complexity index is 853. The highest BCUT2D eigenvalue weighted by molar-refractivity contribution is 5.85. The van der Waals surface area contributed by atoms with Crippen molar-refractivity contribution in [1.29, 1.82) is 0 Å². The first kappa shape index (κ1) is 25.2. The molecular formula is C30H48O3. The fraction of sp³-hybridized carbons (Fsp3) is 0.833. The molecule has 186 valence electrons. The molecule has 0 aromatic rings. The van der Waals surface area contributed by atoms with Gasteiger partial charge in [-0.05, 0) is 97.4 Å². The van der Waals surface area contributed by atoms with E-state index in [0.717, 1.165) is 31.3 Å². The molecule has 33 heavy (non-hydrogen) atoms. The van der Waals surface area contributed by atoms with E-state index in [9.17, 15) is 15.0 Å². The largest absolute Gasteiger partial charge is 0.392 e. The van der Waals surface area contributed by atoms with Gasteiger partial charge in [-0.3, -0.25) is 4.79 Å². The zero-order chi connectivity index (χ0) is 24.4. The summed E-state index contributed by atoms with van der Waals surface area (Å²) in [5.41, 5.74) is 3.06. The number of fused-ring (bicyclic) bond motifs is 5. The van der Waals surface area contributed by atoms with Gasteiger partial charge in [0.25, 0.3) is 0 Å². The van der Waals surface area contributed by atoms with Crippen molar-refractivity contribution in [2.75, 3.05) is 6.61 Å². The van der Waals surface area contributed by atoms with Crippen LogP contribution in [0.15, 0.2) is 23.3 Å². The average Bonchev–Trinajstić information content (AvgIpc) is 3.02. The summed E-state index contributed by atoms with van der Waals surface area (Å²) in [5, 5.41) is 19.9. The number of carbonyl (C=O) groups excluding carboxylic acids is 1. The lowest BCUT2D eigenvalue weighted by Gasteiger charge is -2.63. The number of aliphatic hydroxyl groups excluding tert-OH is 2. The molecule has 4 rings (SSSR count). The van der Waals surface area contributed by atoms with Crippen LogP contribution in [0.3, 0.4) is 0 Å².